The zero-order valence-electron chi connectivity index (χ0n) is 6.27. The molecule has 0 aromatic rings. The molecule has 9 nitrogen and oxygen atoms in total. The number of nitro groups is 1. The number of rotatable bonds is 2. The van der Waals surface area contributed by atoms with Gasteiger partial charge in [-0.1, -0.05) is 0 Å². The summed E-state index contributed by atoms with van der Waals surface area (Å²) in [6.45, 7) is 0. The number of carbonyl (C=O) groups is 1. The maximum atomic E-state index is 10.8. The third-order valence-electron chi connectivity index (χ3n) is 2.17. The molecule has 2 rings (SSSR count). The van der Waals surface area contributed by atoms with Gasteiger partial charge in [0.1, 0.15) is 0 Å². The molecule has 0 radical (unpaired) electrons. The Morgan fingerprint density at radius 1 is 1.46 bits per heavy atom. The number of hydrazine groups is 2. The van der Waals surface area contributed by atoms with Crippen LogP contribution >= 0.6 is 0 Å². The summed E-state index contributed by atoms with van der Waals surface area (Å²) in [4.78, 5) is 20.7. The minimum atomic E-state index is -1.76. The second kappa shape index (κ2) is 2.35. The van der Waals surface area contributed by atoms with Crippen LogP contribution < -0.4 is 21.7 Å². The smallest absolute Gasteiger partial charge is 0.349 e. The van der Waals surface area contributed by atoms with Crippen molar-refractivity contribution in [2.45, 2.75) is 17.9 Å². The Kier molecular flexibility index (Phi) is 1.51. The minimum Gasteiger partial charge on any atom is -0.479 e. The van der Waals surface area contributed by atoms with Gasteiger partial charge in [-0.15, -0.1) is 0 Å². The second-order valence-electron chi connectivity index (χ2n) is 2.86. The molecule has 2 heterocycles. The van der Waals surface area contributed by atoms with Crippen molar-refractivity contribution in [1.29, 1.82) is 0 Å². The molecule has 0 aliphatic carbocycles. The highest BCUT2D eigenvalue weighted by Crippen LogP contribution is 2.22. The van der Waals surface area contributed by atoms with E-state index in [0.29, 0.717) is 0 Å². The molecule has 1 atom stereocenters. The van der Waals surface area contributed by atoms with Crippen molar-refractivity contribution in [1.82, 2.24) is 21.7 Å². The van der Waals surface area contributed by atoms with Crippen LogP contribution in [0.15, 0.2) is 0 Å². The maximum absolute atomic E-state index is 10.8. The molecular formula is C4H7N5O4. The summed E-state index contributed by atoms with van der Waals surface area (Å²) < 4.78 is 0. The lowest BCUT2D eigenvalue weighted by atomic mass is 10.0. The first kappa shape index (κ1) is 8.31. The number of hydrogen-bond acceptors (Lipinski definition) is 7. The Balaban J connectivity index is 2.37. The lowest BCUT2D eigenvalue weighted by Gasteiger charge is -2.22. The van der Waals surface area contributed by atoms with E-state index in [1.165, 1.54) is 0 Å². The highest BCUT2D eigenvalue weighted by Gasteiger charge is 2.67. The molecule has 9 heteroatoms. The molecule has 2 aliphatic rings. The SMILES string of the molecule is O=C(O)C12NNC(NN1)C2[N+](=O)[O-]. The first-order chi connectivity index (χ1) is 6.08. The molecule has 0 amide bonds. The maximum Gasteiger partial charge on any atom is 0.349 e. The fraction of sp³-hybridized carbons (Fsp3) is 0.750. The Labute approximate surface area is 71.6 Å². The largest absolute Gasteiger partial charge is 0.479 e. The highest BCUT2D eigenvalue weighted by molar-refractivity contribution is 5.80. The second-order valence-corrected chi connectivity index (χ2v) is 2.86. The summed E-state index contributed by atoms with van der Waals surface area (Å²) in [5.41, 5.74) is 7.84. The lowest BCUT2D eigenvalue weighted by molar-refractivity contribution is -0.527. The summed E-state index contributed by atoms with van der Waals surface area (Å²) in [5, 5.41) is 19.4. The number of nitrogens with zero attached hydrogens (tertiary/aromatic N) is 1. The Morgan fingerprint density at radius 3 is 2.31 bits per heavy atom. The van der Waals surface area contributed by atoms with E-state index in [2.05, 4.69) is 21.7 Å². The molecule has 2 fully saturated rings. The molecular weight excluding hydrogens is 182 g/mol. The van der Waals surface area contributed by atoms with Crippen LogP contribution in [0.3, 0.4) is 0 Å². The van der Waals surface area contributed by atoms with E-state index in [4.69, 9.17) is 5.11 Å². The third kappa shape index (κ3) is 0.862. The summed E-state index contributed by atoms with van der Waals surface area (Å²) in [5.74, 6) is -1.32. The molecule has 13 heavy (non-hydrogen) atoms. The normalized spacial score (nSPS) is 42.2. The van der Waals surface area contributed by atoms with Gasteiger partial charge in [0.25, 0.3) is 11.7 Å². The zero-order chi connectivity index (χ0) is 9.64. The van der Waals surface area contributed by atoms with Crippen molar-refractivity contribution in [2.75, 3.05) is 0 Å². The first-order valence-electron chi connectivity index (χ1n) is 3.50. The van der Waals surface area contributed by atoms with Crippen molar-refractivity contribution < 1.29 is 14.8 Å². The summed E-state index contributed by atoms with van der Waals surface area (Å²) in [6.07, 6.45) is -0.717. The molecule has 2 saturated heterocycles. The van der Waals surface area contributed by atoms with Crippen LogP contribution in [0.5, 0.6) is 0 Å². The van der Waals surface area contributed by atoms with Crippen LogP contribution in [-0.4, -0.2) is 33.9 Å². The van der Waals surface area contributed by atoms with Gasteiger partial charge in [0.15, 0.2) is 6.17 Å². The van der Waals surface area contributed by atoms with Crippen LogP contribution in [-0.2, 0) is 4.79 Å². The fourth-order valence-corrected chi connectivity index (χ4v) is 1.52. The monoisotopic (exact) mass is 189 g/mol. The van der Waals surface area contributed by atoms with E-state index in [9.17, 15) is 14.9 Å². The van der Waals surface area contributed by atoms with E-state index < -0.39 is 28.8 Å². The van der Waals surface area contributed by atoms with Gasteiger partial charge in [0.2, 0.25) is 0 Å². The van der Waals surface area contributed by atoms with Gasteiger partial charge in [-0.25, -0.2) is 26.5 Å². The van der Waals surface area contributed by atoms with Crippen molar-refractivity contribution in [3.63, 3.8) is 0 Å². The van der Waals surface area contributed by atoms with Crippen LogP contribution in [0.4, 0.5) is 0 Å². The standard InChI is InChI=1S/C4H7N5O4/c10-3(11)4-1(9(12)13)2(5-7-4)6-8-4/h1-2,5-8H,(H,10,11). The third-order valence-corrected chi connectivity index (χ3v) is 2.17. The van der Waals surface area contributed by atoms with Crippen molar-refractivity contribution in [3.8, 4) is 0 Å². The van der Waals surface area contributed by atoms with Crippen molar-refractivity contribution in [3.05, 3.63) is 10.1 Å². The topological polar surface area (TPSA) is 129 Å². The summed E-state index contributed by atoms with van der Waals surface area (Å²) in [6, 6.07) is -1.27. The molecule has 1 unspecified atom stereocenters. The minimum absolute atomic E-state index is 0.640. The summed E-state index contributed by atoms with van der Waals surface area (Å²) >= 11 is 0. The van der Waals surface area contributed by atoms with E-state index in [1.807, 2.05) is 0 Å². The van der Waals surface area contributed by atoms with Gasteiger partial charge in [0.05, 0.1) is 0 Å². The van der Waals surface area contributed by atoms with Crippen molar-refractivity contribution in [2.24, 2.45) is 0 Å². The molecule has 0 aromatic heterocycles. The van der Waals surface area contributed by atoms with Gasteiger partial charge in [0, 0.05) is 4.92 Å². The number of hydrogen-bond donors (Lipinski definition) is 5. The zero-order valence-corrected chi connectivity index (χ0v) is 6.27. The van der Waals surface area contributed by atoms with Crippen LogP contribution in [0.1, 0.15) is 0 Å². The Bertz CT molecular complexity index is 272. The molecule has 72 valence electrons. The quantitative estimate of drug-likeness (QED) is 0.229. The summed E-state index contributed by atoms with van der Waals surface area (Å²) in [7, 11) is 0. The highest BCUT2D eigenvalue weighted by atomic mass is 16.6. The number of carboxylic acid groups (broad SMARTS) is 1. The molecule has 5 N–H and O–H groups in total. The Hall–Kier alpha value is -1.29. The fourth-order valence-electron chi connectivity index (χ4n) is 1.52. The average Bonchev–Trinajstić information content (AvgIpc) is 2.58. The van der Waals surface area contributed by atoms with Gasteiger partial charge in [-0.2, -0.15) is 0 Å². The van der Waals surface area contributed by atoms with Crippen LogP contribution in [0.25, 0.3) is 0 Å². The number of carboxylic acids is 1. The number of aliphatic carboxylic acids is 1. The van der Waals surface area contributed by atoms with Gasteiger partial charge in [-0.3, -0.25) is 10.1 Å². The van der Waals surface area contributed by atoms with E-state index in [0.717, 1.165) is 0 Å². The lowest BCUT2D eigenvalue weighted by Crippen LogP contribution is -2.69. The van der Waals surface area contributed by atoms with E-state index >= 15 is 0 Å². The van der Waals surface area contributed by atoms with Crippen molar-refractivity contribution >= 4 is 5.97 Å². The molecule has 0 spiro atoms. The van der Waals surface area contributed by atoms with Gasteiger partial charge in [-0.05, 0) is 0 Å². The molecule has 2 bridgehead atoms. The predicted octanol–water partition coefficient (Wildman–Crippen LogP) is -3.05. The van der Waals surface area contributed by atoms with Gasteiger partial charge >= 0.3 is 5.97 Å². The molecule has 0 aromatic carbocycles. The number of fused-ring (bicyclic) bond motifs is 2. The van der Waals surface area contributed by atoms with Gasteiger partial charge < -0.3 is 5.11 Å². The first-order valence-corrected chi connectivity index (χ1v) is 3.50. The van der Waals surface area contributed by atoms with Crippen LogP contribution in [0.2, 0.25) is 0 Å². The Morgan fingerprint density at radius 2 is 2.00 bits per heavy atom. The van der Waals surface area contributed by atoms with E-state index in [-0.39, 0.29) is 0 Å². The number of nitrogens with one attached hydrogen (secondary N) is 4. The predicted molar refractivity (Wildman–Crippen MR) is 37.5 cm³/mol. The van der Waals surface area contributed by atoms with E-state index in [1.54, 1.807) is 0 Å². The molecule has 2 aliphatic heterocycles. The van der Waals surface area contributed by atoms with Crippen LogP contribution in [0, 0.1) is 10.1 Å². The molecule has 0 saturated carbocycles. The average molecular weight is 189 g/mol.